The van der Waals surface area contributed by atoms with E-state index in [0.29, 0.717) is 50.1 Å². The molecule has 0 unspecified atom stereocenters. The molecule has 2 aromatic heterocycles. The highest BCUT2D eigenvalue weighted by Crippen LogP contribution is 2.43. The molecular formula is C22H24N4O3. The normalized spacial score (nSPS) is 24.1. The molecule has 2 aliphatic rings. The fraction of sp³-hybridized carbons (Fsp3) is 0.409. The third-order valence-corrected chi connectivity index (χ3v) is 6.07. The lowest BCUT2D eigenvalue weighted by Crippen LogP contribution is -2.52. The Balaban J connectivity index is 1.29. The average molecular weight is 392 g/mol. The molecule has 7 nitrogen and oxygen atoms in total. The number of carbonyl (C=O) groups is 1. The van der Waals surface area contributed by atoms with Gasteiger partial charge in [-0.1, -0.05) is 30.3 Å². The van der Waals surface area contributed by atoms with Crippen molar-refractivity contribution in [3.8, 4) is 0 Å². The topological polar surface area (TPSA) is 80.0 Å². The Kier molecular flexibility index (Phi) is 4.56. The van der Waals surface area contributed by atoms with E-state index in [1.165, 1.54) is 0 Å². The van der Waals surface area contributed by atoms with Crippen molar-refractivity contribution in [2.75, 3.05) is 13.1 Å². The molecule has 2 aliphatic heterocycles. The van der Waals surface area contributed by atoms with Gasteiger partial charge in [0, 0.05) is 44.4 Å². The molecule has 5 rings (SSSR count). The van der Waals surface area contributed by atoms with E-state index in [2.05, 4.69) is 10.1 Å². The van der Waals surface area contributed by atoms with Crippen molar-refractivity contribution >= 4 is 11.6 Å². The highest BCUT2D eigenvalue weighted by atomic mass is 16.5. The van der Waals surface area contributed by atoms with E-state index in [4.69, 9.17) is 4.74 Å². The van der Waals surface area contributed by atoms with Crippen LogP contribution in [0.25, 0.3) is 5.65 Å². The van der Waals surface area contributed by atoms with Crippen molar-refractivity contribution < 1.29 is 14.6 Å². The van der Waals surface area contributed by atoms with Crippen LogP contribution >= 0.6 is 0 Å². The Bertz CT molecular complexity index is 978. The van der Waals surface area contributed by atoms with E-state index in [9.17, 15) is 9.90 Å². The number of carbonyl (C=O) groups excluding carboxylic acids is 1. The van der Waals surface area contributed by atoms with Crippen LogP contribution in [-0.2, 0) is 4.74 Å². The fourth-order valence-electron chi connectivity index (χ4n) is 4.57. The molecule has 2 fully saturated rings. The van der Waals surface area contributed by atoms with E-state index in [1.54, 1.807) is 29.0 Å². The second kappa shape index (κ2) is 7.24. The minimum Gasteiger partial charge on any atom is -0.393 e. The van der Waals surface area contributed by atoms with Gasteiger partial charge in [0.25, 0.3) is 5.91 Å². The highest BCUT2D eigenvalue weighted by Gasteiger charge is 2.44. The van der Waals surface area contributed by atoms with Crippen LogP contribution in [0.4, 0.5) is 0 Å². The van der Waals surface area contributed by atoms with Crippen LogP contribution in [0, 0.1) is 0 Å². The average Bonchev–Trinajstić information content (AvgIpc) is 3.18. The van der Waals surface area contributed by atoms with Gasteiger partial charge in [-0.05, 0) is 24.5 Å². The number of hydrogen-bond donors (Lipinski definition) is 1. The summed E-state index contributed by atoms with van der Waals surface area (Å²) in [4.78, 5) is 19.0. The molecule has 2 saturated heterocycles. The van der Waals surface area contributed by atoms with E-state index in [-0.39, 0.29) is 23.7 Å². The van der Waals surface area contributed by atoms with Gasteiger partial charge in [0.1, 0.15) is 0 Å². The minimum atomic E-state index is -0.388. The predicted molar refractivity (Wildman–Crippen MR) is 106 cm³/mol. The molecule has 1 aromatic carbocycles. The molecule has 29 heavy (non-hydrogen) atoms. The lowest BCUT2D eigenvalue weighted by atomic mass is 9.81. The number of aliphatic hydroxyl groups excluding tert-OH is 1. The van der Waals surface area contributed by atoms with Gasteiger partial charge >= 0.3 is 0 Å². The number of likely N-dealkylation sites (tertiary alicyclic amines) is 1. The van der Waals surface area contributed by atoms with Gasteiger partial charge in [0.05, 0.1) is 17.8 Å². The first-order chi connectivity index (χ1) is 14.1. The summed E-state index contributed by atoms with van der Waals surface area (Å²) < 4.78 is 8.14. The molecule has 3 aromatic rings. The molecule has 1 spiro atoms. The largest absolute Gasteiger partial charge is 0.393 e. The molecule has 0 bridgehead atoms. The van der Waals surface area contributed by atoms with Gasteiger partial charge in [-0.3, -0.25) is 4.79 Å². The molecule has 2 atom stereocenters. The molecule has 150 valence electrons. The van der Waals surface area contributed by atoms with Crippen LogP contribution in [-0.4, -0.2) is 55.3 Å². The minimum absolute atomic E-state index is 0.0821. The first kappa shape index (κ1) is 18.3. The molecular weight excluding hydrogens is 368 g/mol. The zero-order valence-corrected chi connectivity index (χ0v) is 16.1. The van der Waals surface area contributed by atoms with Gasteiger partial charge in [-0.15, -0.1) is 0 Å². The van der Waals surface area contributed by atoms with Crippen molar-refractivity contribution in [2.24, 2.45) is 0 Å². The number of aromatic nitrogens is 3. The van der Waals surface area contributed by atoms with Crippen LogP contribution in [0.3, 0.4) is 0 Å². The van der Waals surface area contributed by atoms with Crippen molar-refractivity contribution in [1.29, 1.82) is 0 Å². The summed E-state index contributed by atoms with van der Waals surface area (Å²) in [6, 6.07) is 13.6. The number of hydrogen-bond acceptors (Lipinski definition) is 5. The molecule has 0 saturated carbocycles. The van der Waals surface area contributed by atoms with Gasteiger partial charge < -0.3 is 14.7 Å². The second-order valence-electron chi connectivity index (χ2n) is 8.04. The summed E-state index contributed by atoms with van der Waals surface area (Å²) in [6.45, 7) is 1.18. The Morgan fingerprint density at radius 3 is 2.72 bits per heavy atom. The van der Waals surface area contributed by atoms with Gasteiger partial charge in [-0.25, -0.2) is 9.50 Å². The summed E-state index contributed by atoms with van der Waals surface area (Å²) >= 11 is 0. The molecule has 0 radical (unpaired) electrons. The van der Waals surface area contributed by atoms with Crippen LogP contribution in [0.2, 0.25) is 0 Å². The maximum Gasteiger partial charge on any atom is 0.274 e. The standard InChI is InChI=1S/C22H24N4O3/c27-17-13-19(16-5-2-1-3-6-16)29-22(15-17)7-11-25(12-8-22)21(28)18-14-20-23-9-4-10-26(20)24-18/h1-6,9-10,14,17,19,27H,7-8,11-13,15H2/t17-,19-/m1/s1. The lowest BCUT2D eigenvalue weighted by Gasteiger charge is -2.48. The summed E-state index contributed by atoms with van der Waals surface area (Å²) in [5, 5.41) is 14.9. The van der Waals surface area contributed by atoms with Crippen molar-refractivity contribution in [3.63, 3.8) is 0 Å². The summed E-state index contributed by atoms with van der Waals surface area (Å²) in [5.41, 5.74) is 1.79. The predicted octanol–water partition coefficient (Wildman–Crippen LogP) is 2.62. The summed E-state index contributed by atoms with van der Waals surface area (Å²) in [5.74, 6) is -0.0821. The molecule has 1 N–H and O–H groups in total. The third kappa shape index (κ3) is 3.52. The SMILES string of the molecule is O=C(c1cc2ncccn2n1)N1CCC2(CC1)C[C@H](O)C[C@H](c1ccccc1)O2. The molecule has 4 heterocycles. The van der Waals surface area contributed by atoms with E-state index < -0.39 is 0 Å². The number of nitrogens with zero attached hydrogens (tertiary/aromatic N) is 4. The van der Waals surface area contributed by atoms with Crippen molar-refractivity contribution in [2.45, 2.75) is 43.5 Å². The first-order valence-corrected chi connectivity index (χ1v) is 10.1. The molecule has 0 aliphatic carbocycles. The van der Waals surface area contributed by atoms with E-state index in [1.807, 2.05) is 35.2 Å². The zero-order chi connectivity index (χ0) is 19.8. The van der Waals surface area contributed by atoms with Crippen molar-refractivity contribution in [1.82, 2.24) is 19.5 Å². The van der Waals surface area contributed by atoms with E-state index in [0.717, 1.165) is 5.56 Å². The number of benzene rings is 1. The smallest absolute Gasteiger partial charge is 0.274 e. The number of amides is 1. The Morgan fingerprint density at radius 2 is 1.97 bits per heavy atom. The summed E-state index contributed by atoms with van der Waals surface area (Å²) in [7, 11) is 0. The Labute approximate surface area is 168 Å². The summed E-state index contributed by atoms with van der Waals surface area (Å²) in [6.07, 6.45) is 5.64. The quantitative estimate of drug-likeness (QED) is 0.725. The Hall–Kier alpha value is -2.77. The van der Waals surface area contributed by atoms with Crippen LogP contribution in [0.5, 0.6) is 0 Å². The first-order valence-electron chi connectivity index (χ1n) is 10.1. The van der Waals surface area contributed by atoms with Gasteiger partial charge in [0.2, 0.25) is 0 Å². The monoisotopic (exact) mass is 392 g/mol. The van der Waals surface area contributed by atoms with Gasteiger partial charge in [0.15, 0.2) is 11.3 Å². The van der Waals surface area contributed by atoms with Crippen molar-refractivity contribution in [3.05, 3.63) is 66.1 Å². The number of fused-ring (bicyclic) bond motifs is 1. The van der Waals surface area contributed by atoms with Crippen LogP contribution in [0.15, 0.2) is 54.9 Å². The number of aliphatic hydroxyl groups is 1. The molecule has 7 heteroatoms. The van der Waals surface area contributed by atoms with Gasteiger partial charge in [-0.2, -0.15) is 5.10 Å². The maximum absolute atomic E-state index is 12.9. The van der Waals surface area contributed by atoms with Crippen LogP contribution < -0.4 is 0 Å². The number of piperidine rings is 1. The zero-order valence-electron chi connectivity index (χ0n) is 16.1. The Morgan fingerprint density at radius 1 is 1.17 bits per heavy atom. The number of ether oxygens (including phenoxy) is 1. The highest BCUT2D eigenvalue weighted by molar-refractivity contribution is 5.93. The third-order valence-electron chi connectivity index (χ3n) is 6.07. The lowest BCUT2D eigenvalue weighted by molar-refractivity contribution is -0.181. The second-order valence-corrected chi connectivity index (χ2v) is 8.04. The van der Waals surface area contributed by atoms with E-state index >= 15 is 0 Å². The molecule has 1 amide bonds. The van der Waals surface area contributed by atoms with Crippen LogP contribution in [0.1, 0.15) is 47.8 Å². The maximum atomic E-state index is 12.9. The number of rotatable bonds is 2. The fourth-order valence-corrected chi connectivity index (χ4v) is 4.57.